The molecule has 0 saturated heterocycles. The van der Waals surface area contributed by atoms with E-state index in [1.54, 1.807) is 0 Å². The number of nitrogens with zero attached hydrogens (tertiary/aromatic N) is 2. The van der Waals surface area contributed by atoms with Gasteiger partial charge in [0.05, 0.1) is 12.9 Å². The molecule has 1 aliphatic rings. The highest BCUT2D eigenvalue weighted by Gasteiger charge is 2.17. The van der Waals surface area contributed by atoms with Gasteiger partial charge in [0.1, 0.15) is 17.2 Å². The number of carbonyl (C=O) groups is 1. The highest BCUT2D eigenvalue weighted by molar-refractivity contribution is 7.99. The minimum absolute atomic E-state index is 0.193. The molecule has 1 aliphatic carbocycles. The number of aromatic nitrogens is 2. The lowest BCUT2D eigenvalue weighted by atomic mass is 10.3. The number of hydrogen-bond acceptors (Lipinski definition) is 6. The number of anilines is 1. The fourth-order valence-corrected chi connectivity index (χ4v) is 3.21. The molecule has 6 heteroatoms. The van der Waals surface area contributed by atoms with E-state index in [9.17, 15) is 4.79 Å². The Morgan fingerprint density at radius 3 is 2.89 bits per heavy atom. The van der Waals surface area contributed by atoms with Crippen LogP contribution in [0.3, 0.4) is 0 Å². The Morgan fingerprint density at radius 1 is 1.56 bits per heavy atom. The molecule has 0 aliphatic heterocycles. The molecule has 98 valence electrons. The summed E-state index contributed by atoms with van der Waals surface area (Å²) < 4.78 is 4.59. The average molecular weight is 267 g/mol. The van der Waals surface area contributed by atoms with Crippen LogP contribution in [-0.2, 0) is 10.5 Å². The van der Waals surface area contributed by atoms with Gasteiger partial charge in [-0.05, 0) is 12.8 Å². The number of hydrogen-bond donors (Lipinski definition) is 1. The fraction of sp³-hybridized carbons (Fsp3) is 0.583. The van der Waals surface area contributed by atoms with Crippen molar-refractivity contribution in [3.05, 3.63) is 17.6 Å². The average Bonchev–Trinajstić information content (AvgIpc) is 2.88. The maximum Gasteiger partial charge on any atom is 0.343 e. The summed E-state index contributed by atoms with van der Waals surface area (Å²) in [5.41, 5.74) is 5.95. The second kappa shape index (κ2) is 6.04. The van der Waals surface area contributed by atoms with Gasteiger partial charge in [0, 0.05) is 11.4 Å². The number of carbonyl (C=O) groups excluding carboxylic acids is 1. The van der Waals surface area contributed by atoms with E-state index in [2.05, 4.69) is 14.7 Å². The summed E-state index contributed by atoms with van der Waals surface area (Å²) in [4.78, 5) is 19.6. The van der Waals surface area contributed by atoms with Gasteiger partial charge >= 0.3 is 5.97 Å². The largest absolute Gasteiger partial charge is 0.465 e. The smallest absolute Gasteiger partial charge is 0.343 e. The maximum absolute atomic E-state index is 11.3. The molecule has 2 N–H and O–H groups in total. The van der Waals surface area contributed by atoms with Gasteiger partial charge in [-0.1, -0.05) is 12.8 Å². The van der Waals surface area contributed by atoms with Crippen LogP contribution in [0.5, 0.6) is 0 Å². The second-order valence-corrected chi connectivity index (χ2v) is 5.58. The molecule has 0 bridgehead atoms. The standard InChI is InChI=1S/C12H17N3O2S/c1-17-12(16)9-6-14-10(15-11(9)13)7-18-8-4-2-3-5-8/h6,8H,2-5,7H2,1H3,(H2,13,14,15). The molecule has 5 nitrogen and oxygen atoms in total. The van der Waals surface area contributed by atoms with E-state index in [-0.39, 0.29) is 11.4 Å². The Labute approximate surface area is 111 Å². The van der Waals surface area contributed by atoms with Crippen LogP contribution in [0, 0.1) is 0 Å². The third-order valence-corrected chi connectivity index (χ3v) is 4.39. The highest BCUT2D eigenvalue weighted by atomic mass is 32.2. The normalized spacial score (nSPS) is 15.8. The summed E-state index contributed by atoms with van der Waals surface area (Å²) in [5, 5.41) is 0.718. The van der Waals surface area contributed by atoms with Crippen LogP contribution < -0.4 is 5.73 Å². The molecule has 1 heterocycles. The first-order valence-electron chi connectivity index (χ1n) is 6.02. The molecular formula is C12H17N3O2S. The molecule has 2 rings (SSSR count). The molecule has 0 unspecified atom stereocenters. The second-order valence-electron chi connectivity index (χ2n) is 4.29. The molecule has 0 aromatic carbocycles. The summed E-state index contributed by atoms with van der Waals surface area (Å²) in [7, 11) is 1.31. The van der Waals surface area contributed by atoms with E-state index in [4.69, 9.17) is 5.73 Å². The van der Waals surface area contributed by atoms with Crippen molar-refractivity contribution in [2.45, 2.75) is 36.7 Å². The third kappa shape index (κ3) is 3.13. The Morgan fingerprint density at radius 2 is 2.28 bits per heavy atom. The van der Waals surface area contributed by atoms with Crippen molar-refractivity contribution >= 4 is 23.5 Å². The molecule has 18 heavy (non-hydrogen) atoms. The lowest BCUT2D eigenvalue weighted by molar-refractivity contribution is 0.0601. The third-order valence-electron chi connectivity index (χ3n) is 3.02. The summed E-state index contributed by atoms with van der Waals surface area (Å²) in [6, 6.07) is 0. The van der Waals surface area contributed by atoms with Crippen LogP contribution in [0.15, 0.2) is 6.20 Å². The van der Waals surface area contributed by atoms with Gasteiger partial charge in [0.15, 0.2) is 0 Å². The topological polar surface area (TPSA) is 78.1 Å². The Hall–Kier alpha value is -1.30. The van der Waals surface area contributed by atoms with Gasteiger partial charge in [-0.25, -0.2) is 14.8 Å². The van der Waals surface area contributed by atoms with Gasteiger partial charge < -0.3 is 10.5 Å². The number of rotatable bonds is 4. The van der Waals surface area contributed by atoms with Crippen molar-refractivity contribution in [2.24, 2.45) is 0 Å². The first kappa shape index (κ1) is 13.1. The highest BCUT2D eigenvalue weighted by Crippen LogP contribution is 2.31. The van der Waals surface area contributed by atoms with Crippen molar-refractivity contribution in [2.75, 3.05) is 12.8 Å². The predicted octanol–water partition coefficient (Wildman–Crippen LogP) is 2.02. The summed E-state index contributed by atoms with van der Waals surface area (Å²) in [6.45, 7) is 0. The van der Waals surface area contributed by atoms with Crippen LogP contribution in [0.4, 0.5) is 5.82 Å². The lowest BCUT2D eigenvalue weighted by Crippen LogP contribution is -2.10. The van der Waals surface area contributed by atoms with E-state index in [0.29, 0.717) is 5.82 Å². The zero-order chi connectivity index (χ0) is 13.0. The number of thioether (sulfide) groups is 1. The molecule has 0 atom stereocenters. The van der Waals surface area contributed by atoms with E-state index in [0.717, 1.165) is 11.0 Å². The van der Waals surface area contributed by atoms with Crippen molar-refractivity contribution in [3.63, 3.8) is 0 Å². The monoisotopic (exact) mass is 267 g/mol. The van der Waals surface area contributed by atoms with Crippen LogP contribution in [0.25, 0.3) is 0 Å². The first-order valence-corrected chi connectivity index (χ1v) is 7.07. The molecule has 1 saturated carbocycles. The van der Waals surface area contributed by atoms with Crippen molar-refractivity contribution in [3.8, 4) is 0 Å². The molecule has 0 amide bonds. The number of ether oxygens (including phenoxy) is 1. The SMILES string of the molecule is COC(=O)c1cnc(CSC2CCCC2)nc1N. The van der Waals surface area contributed by atoms with Gasteiger partial charge in [0.2, 0.25) is 0 Å². The quantitative estimate of drug-likeness (QED) is 0.841. The van der Waals surface area contributed by atoms with Gasteiger partial charge in [-0.2, -0.15) is 11.8 Å². The minimum atomic E-state index is -0.498. The van der Waals surface area contributed by atoms with Gasteiger partial charge in [0.25, 0.3) is 0 Å². The summed E-state index contributed by atoms with van der Waals surface area (Å²) >= 11 is 1.87. The van der Waals surface area contributed by atoms with E-state index < -0.39 is 5.97 Å². The molecule has 1 aromatic heterocycles. The van der Waals surface area contributed by atoms with Crippen LogP contribution in [0.2, 0.25) is 0 Å². The summed E-state index contributed by atoms with van der Waals surface area (Å²) in [6.07, 6.45) is 6.64. The number of esters is 1. The fourth-order valence-electron chi connectivity index (χ4n) is 2.02. The van der Waals surface area contributed by atoms with Crippen molar-refractivity contribution < 1.29 is 9.53 Å². The summed E-state index contributed by atoms with van der Waals surface area (Å²) in [5.74, 6) is 1.12. The first-order chi connectivity index (χ1) is 8.70. The van der Waals surface area contributed by atoms with E-state index >= 15 is 0 Å². The molecule has 1 aromatic rings. The number of nitrogen functional groups attached to an aromatic ring is 1. The number of methoxy groups -OCH3 is 1. The van der Waals surface area contributed by atoms with Crippen molar-refractivity contribution in [1.82, 2.24) is 9.97 Å². The van der Waals surface area contributed by atoms with Gasteiger partial charge in [-0.3, -0.25) is 0 Å². The zero-order valence-corrected chi connectivity index (χ0v) is 11.2. The van der Waals surface area contributed by atoms with Crippen LogP contribution in [-0.4, -0.2) is 28.3 Å². The molecule has 1 fully saturated rings. The Balaban J connectivity index is 1.97. The lowest BCUT2D eigenvalue weighted by Gasteiger charge is -2.08. The Kier molecular flexibility index (Phi) is 4.41. The van der Waals surface area contributed by atoms with E-state index in [1.807, 2.05) is 11.8 Å². The molecule has 0 spiro atoms. The van der Waals surface area contributed by atoms with E-state index in [1.165, 1.54) is 39.0 Å². The van der Waals surface area contributed by atoms with Crippen LogP contribution >= 0.6 is 11.8 Å². The molecular weight excluding hydrogens is 250 g/mol. The molecule has 0 radical (unpaired) electrons. The maximum atomic E-state index is 11.3. The number of nitrogens with two attached hydrogens (primary N) is 1. The zero-order valence-electron chi connectivity index (χ0n) is 10.4. The predicted molar refractivity (Wildman–Crippen MR) is 71.3 cm³/mol. The van der Waals surface area contributed by atoms with Crippen LogP contribution in [0.1, 0.15) is 41.9 Å². The Bertz CT molecular complexity index is 433. The van der Waals surface area contributed by atoms with Crippen molar-refractivity contribution in [1.29, 1.82) is 0 Å². The van der Waals surface area contributed by atoms with Gasteiger partial charge in [-0.15, -0.1) is 0 Å². The minimum Gasteiger partial charge on any atom is -0.465 e.